The van der Waals surface area contributed by atoms with Crippen LogP contribution in [0.5, 0.6) is 0 Å². The average Bonchev–Trinajstić information content (AvgIpc) is 2.46. The molecule has 0 spiro atoms. The first-order valence-electron chi connectivity index (χ1n) is 7.16. The predicted octanol–water partition coefficient (Wildman–Crippen LogP) is 4.92. The van der Waals surface area contributed by atoms with Crippen LogP contribution in [0.3, 0.4) is 0 Å². The summed E-state index contributed by atoms with van der Waals surface area (Å²) in [7, 11) is 0. The Kier molecular flexibility index (Phi) is 5.40. The first-order chi connectivity index (χ1) is 10.1. The van der Waals surface area contributed by atoms with Gasteiger partial charge in [-0.1, -0.05) is 61.8 Å². The van der Waals surface area contributed by atoms with E-state index in [9.17, 15) is 4.79 Å². The van der Waals surface area contributed by atoms with E-state index in [0.717, 1.165) is 11.3 Å². The summed E-state index contributed by atoms with van der Waals surface area (Å²) >= 11 is 6.23. The zero-order chi connectivity index (χ0) is 15.2. The van der Waals surface area contributed by atoms with Crippen LogP contribution in [-0.2, 0) is 11.3 Å². The molecule has 0 aliphatic heterocycles. The molecule has 110 valence electrons. The highest BCUT2D eigenvalue weighted by molar-refractivity contribution is 6.31. The van der Waals surface area contributed by atoms with Crippen LogP contribution in [0, 0.1) is 5.92 Å². The summed E-state index contributed by atoms with van der Waals surface area (Å²) < 4.78 is 0. The van der Waals surface area contributed by atoms with Gasteiger partial charge in [-0.25, -0.2) is 0 Å². The molecule has 0 aliphatic rings. The SMILES string of the molecule is CC(C)CC(=O)N(Cc1ccccc1Cl)c1ccccc1. The fourth-order valence-electron chi connectivity index (χ4n) is 2.19. The summed E-state index contributed by atoms with van der Waals surface area (Å²) in [4.78, 5) is 14.4. The Labute approximate surface area is 131 Å². The van der Waals surface area contributed by atoms with Gasteiger partial charge < -0.3 is 4.90 Å². The van der Waals surface area contributed by atoms with Crippen molar-refractivity contribution in [1.82, 2.24) is 0 Å². The lowest BCUT2D eigenvalue weighted by molar-refractivity contribution is -0.119. The van der Waals surface area contributed by atoms with Gasteiger partial charge in [0.1, 0.15) is 0 Å². The van der Waals surface area contributed by atoms with E-state index in [1.54, 1.807) is 4.90 Å². The molecule has 0 saturated carbocycles. The van der Waals surface area contributed by atoms with Gasteiger partial charge in [0.2, 0.25) is 5.91 Å². The monoisotopic (exact) mass is 301 g/mol. The third kappa shape index (κ3) is 4.33. The van der Waals surface area contributed by atoms with Gasteiger partial charge >= 0.3 is 0 Å². The Morgan fingerprint density at radius 1 is 1.05 bits per heavy atom. The number of rotatable bonds is 5. The Hall–Kier alpha value is -1.80. The zero-order valence-corrected chi connectivity index (χ0v) is 13.2. The van der Waals surface area contributed by atoms with Crippen molar-refractivity contribution < 1.29 is 4.79 Å². The van der Waals surface area contributed by atoms with Crippen molar-refractivity contribution in [2.45, 2.75) is 26.8 Å². The summed E-state index contributed by atoms with van der Waals surface area (Å²) in [6, 6.07) is 17.4. The van der Waals surface area contributed by atoms with Crippen LogP contribution >= 0.6 is 11.6 Å². The molecule has 2 aromatic rings. The van der Waals surface area contributed by atoms with Gasteiger partial charge in [-0.15, -0.1) is 0 Å². The van der Waals surface area contributed by atoms with Gasteiger partial charge in [0, 0.05) is 17.1 Å². The van der Waals surface area contributed by atoms with E-state index in [0.29, 0.717) is 23.9 Å². The third-order valence-corrected chi connectivity index (χ3v) is 3.61. The minimum absolute atomic E-state index is 0.121. The fraction of sp³-hybridized carbons (Fsp3) is 0.278. The van der Waals surface area contributed by atoms with Crippen LogP contribution in [0.1, 0.15) is 25.8 Å². The van der Waals surface area contributed by atoms with Gasteiger partial charge in [-0.3, -0.25) is 4.79 Å². The molecule has 0 N–H and O–H groups in total. The minimum atomic E-state index is 0.121. The highest BCUT2D eigenvalue weighted by atomic mass is 35.5. The molecule has 0 fully saturated rings. The topological polar surface area (TPSA) is 20.3 Å². The van der Waals surface area contributed by atoms with Crippen molar-refractivity contribution in [1.29, 1.82) is 0 Å². The molecular formula is C18H20ClNO. The van der Waals surface area contributed by atoms with E-state index < -0.39 is 0 Å². The van der Waals surface area contributed by atoms with Crippen molar-refractivity contribution >= 4 is 23.2 Å². The quantitative estimate of drug-likeness (QED) is 0.767. The van der Waals surface area contributed by atoms with E-state index in [1.807, 2.05) is 54.6 Å². The van der Waals surface area contributed by atoms with Gasteiger partial charge in [0.15, 0.2) is 0 Å². The van der Waals surface area contributed by atoms with Crippen molar-refractivity contribution in [2.24, 2.45) is 5.92 Å². The lowest BCUT2D eigenvalue weighted by Gasteiger charge is -2.24. The van der Waals surface area contributed by atoms with Crippen molar-refractivity contribution in [3.05, 3.63) is 65.2 Å². The molecule has 0 aliphatic carbocycles. The van der Waals surface area contributed by atoms with Crippen LogP contribution < -0.4 is 4.90 Å². The van der Waals surface area contributed by atoms with E-state index in [4.69, 9.17) is 11.6 Å². The van der Waals surface area contributed by atoms with Gasteiger partial charge in [0.25, 0.3) is 0 Å². The molecule has 0 heterocycles. The standard InChI is InChI=1S/C18H20ClNO/c1-14(2)12-18(21)20(16-9-4-3-5-10-16)13-15-8-6-7-11-17(15)19/h3-11,14H,12-13H2,1-2H3. The predicted molar refractivity (Wildman–Crippen MR) is 88.5 cm³/mol. The number of para-hydroxylation sites is 1. The molecular weight excluding hydrogens is 282 g/mol. The Morgan fingerprint density at radius 3 is 2.29 bits per heavy atom. The molecule has 0 aromatic heterocycles. The largest absolute Gasteiger partial charge is 0.308 e. The number of amides is 1. The van der Waals surface area contributed by atoms with Crippen molar-refractivity contribution in [3.8, 4) is 0 Å². The maximum atomic E-state index is 12.6. The van der Waals surface area contributed by atoms with Crippen molar-refractivity contribution in [3.63, 3.8) is 0 Å². The number of carbonyl (C=O) groups excluding carboxylic acids is 1. The van der Waals surface area contributed by atoms with Crippen LogP contribution in [-0.4, -0.2) is 5.91 Å². The lowest BCUT2D eigenvalue weighted by Crippen LogP contribution is -2.31. The van der Waals surface area contributed by atoms with E-state index in [2.05, 4.69) is 13.8 Å². The maximum absolute atomic E-state index is 12.6. The molecule has 0 radical (unpaired) electrons. The van der Waals surface area contributed by atoms with E-state index >= 15 is 0 Å². The average molecular weight is 302 g/mol. The van der Waals surface area contributed by atoms with Crippen LogP contribution in [0.15, 0.2) is 54.6 Å². The number of carbonyl (C=O) groups is 1. The first kappa shape index (κ1) is 15.6. The first-order valence-corrected chi connectivity index (χ1v) is 7.54. The zero-order valence-electron chi connectivity index (χ0n) is 12.4. The van der Waals surface area contributed by atoms with Crippen molar-refractivity contribution in [2.75, 3.05) is 4.90 Å². The van der Waals surface area contributed by atoms with Crippen LogP contribution in [0.25, 0.3) is 0 Å². The molecule has 21 heavy (non-hydrogen) atoms. The molecule has 2 rings (SSSR count). The smallest absolute Gasteiger partial charge is 0.227 e. The molecule has 0 saturated heterocycles. The molecule has 0 atom stereocenters. The lowest BCUT2D eigenvalue weighted by atomic mass is 10.1. The minimum Gasteiger partial charge on any atom is -0.308 e. The second kappa shape index (κ2) is 7.28. The van der Waals surface area contributed by atoms with Gasteiger partial charge in [-0.2, -0.15) is 0 Å². The number of anilines is 1. The number of hydrogen-bond acceptors (Lipinski definition) is 1. The number of halogens is 1. The molecule has 2 aromatic carbocycles. The second-order valence-electron chi connectivity index (χ2n) is 5.50. The Bertz CT molecular complexity index is 595. The van der Waals surface area contributed by atoms with Gasteiger partial charge in [-0.05, 0) is 29.7 Å². The third-order valence-electron chi connectivity index (χ3n) is 3.24. The van der Waals surface area contributed by atoms with E-state index in [1.165, 1.54) is 0 Å². The Balaban J connectivity index is 2.28. The Morgan fingerprint density at radius 2 is 1.67 bits per heavy atom. The summed E-state index contributed by atoms with van der Waals surface area (Å²) in [6.45, 7) is 4.60. The highest BCUT2D eigenvalue weighted by Crippen LogP contribution is 2.23. The number of hydrogen-bond donors (Lipinski definition) is 0. The summed E-state index contributed by atoms with van der Waals surface area (Å²) in [6.07, 6.45) is 0.527. The molecule has 1 amide bonds. The van der Waals surface area contributed by atoms with Gasteiger partial charge in [0.05, 0.1) is 6.54 Å². The number of nitrogens with zero attached hydrogens (tertiary/aromatic N) is 1. The number of benzene rings is 2. The van der Waals surface area contributed by atoms with E-state index in [-0.39, 0.29) is 5.91 Å². The summed E-state index contributed by atoms with van der Waals surface area (Å²) in [5.74, 6) is 0.450. The normalized spacial score (nSPS) is 10.7. The fourth-order valence-corrected chi connectivity index (χ4v) is 2.38. The second-order valence-corrected chi connectivity index (χ2v) is 5.91. The molecule has 0 unspecified atom stereocenters. The maximum Gasteiger partial charge on any atom is 0.227 e. The highest BCUT2D eigenvalue weighted by Gasteiger charge is 2.18. The summed E-state index contributed by atoms with van der Waals surface area (Å²) in [5, 5.41) is 0.691. The summed E-state index contributed by atoms with van der Waals surface area (Å²) in [5.41, 5.74) is 1.86. The molecule has 3 heteroatoms. The molecule has 2 nitrogen and oxygen atoms in total. The van der Waals surface area contributed by atoms with Crippen LogP contribution in [0.4, 0.5) is 5.69 Å². The molecule has 0 bridgehead atoms. The van der Waals surface area contributed by atoms with Crippen LogP contribution in [0.2, 0.25) is 5.02 Å².